The number of alkyl halides is 8. The van der Waals surface area contributed by atoms with Gasteiger partial charge in [0.05, 0.1) is 5.69 Å². The van der Waals surface area contributed by atoms with E-state index in [9.17, 15) is 49.4 Å². The molecule has 1 atom stereocenters. The fourth-order valence-electron chi connectivity index (χ4n) is 5.22. The van der Waals surface area contributed by atoms with Crippen LogP contribution in [0, 0.1) is 24.5 Å². The number of ether oxygens (including phenoxy) is 1. The van der Waals surface area contributed by atoms with Crippen molar-refractivity contribution in [1.82, 2.24) is 15.3 Å². The van der Waals surface area contributed by atoms with E-state index in [1.165, 1.54) is 12.1 Å². The molecule has 0 unspecified atom stereocenters. The van der Waals surface area contributed by atoms with Gasteiger partial charge in [0.1, 0.15) is 17.0 Å². The maximum Gasteiger partial charge on any atom is 0.430 e. The Morgan fingerprint density at radius 3 is 2.19 bits per heavy atom. The molecule has 6 nitrogen and oxygen atoms in total. The van der Waals surface area contributed by atoms with Crippen LogP contribution in [0.5, 0.6) is 5.75 Å². The highest BCUT2D eigenvalue weighted by molar-refractivity contribution is 9.10. The van der Waals surface area contributed by atoms with Gasteiger partial charge in [-0.25, -0.2) is 18.7 Å². The number of carbonyl (C=O) groups excluding carboxylic acids is 1. The van der Waals surface area contributed by atoms with Gasteiger partial charge in [-0.3, -0.25) is 4.79 Å². The molecule has 1 amide bonds. The second-order valence-corrected chi connectivity index (χ2v) is 12.0. The van der Waals surface area contributed by atoms with Gasteiger partial charge >= 0.3 is 19.0 Å². The number of rotatable bonds is 9. The predicted molar refractivity (Wildman–Crippen MR) is 154 cm³/mol. The summed E-state index contributed by atoms with van der Waals surface area (Å²) in [4.78, 5) is 21.5. The zero-order valence-corrected chi connectivity index (χ0v) is 25.9. The molecule has 2 aromatic carbocycles. The van der Waals surface area contributed by atoms with Crippen LogP contribution in [-0.4, -0.2) is 46.5 Å². The molecule has 0 bridgehead atoms. The third kappa shape index (κ3) is 6.79. The molecule has 0 radical (unpaired) electrons. The van der Waals surface area contributed by atoms with E-state index in [0.29, 0.717) is 23.0 Å². The van der Waals surface area contributed by atoms with Gasteiger partial charge in [-0.15, -0.1) is 0 Å². The van der Waals surface area contributed by atoms with E-state index >= 15 is 4.39 Å². The number of nitrogens with one attached hydrogen (secondary N) is 1. The molecular formula is C31H22BrF10N3O3. The first-order valence-electron chi connectivity index (χ1n) is 14.0. The summed E-state index contributed by atoms with van der Waals surface area (Å²) >= 11 is 3.26. The first-order chi connectivity index (χ1) is 22.3. The SMILES string of the molecule is Cc1nc2c(OC(F)F)cc(C(=O)NC[C@H](c3cc(C(O)(C(F)(F)F)C(F)(F)F)c(F)c(-c4ccc(F)cc4)n3)C3CC3)cc2cc1Br. The Kier molecular flexibility index (Phi) is 9.42. The van der Waals surface area contributed by atoms with Crippen molar-refractivity contribution in [3.63, 3.8) is 0 Å². The van der Waals surface area contributed by atoms with Gasteiger partial charge in [0.15, 0.2) is 11.6 Å². The third-order valence-corrected chi connectivity index (χ3v) is 8.65. The molecule has 1 fully saturated rings. The highest BCUT2D eigenvalue weighted by Gasteiger charge is 2.72. The maximum atomic E-state index is 15.7. The molecule has 1 saturated carbocycles. The zero-order chi connectivity index (χ0) is 35.3. The van der Waals surface area contributed by atoms with Gasteiger partial charge in [-0.05, 0) is 90.1 Å². The fraction of sp³-hybridized carbons (Fsp3) is 0.323. The Bertz CT molecular complexity index is 1850. The van der Waals surface area contributed by atoms with Crippen molar-refractivity contribution >= 4 is 32.7 Å². The summed E-state index contributed by atoms with van der Waals surface area (Å²) < 4.78 is 144. The Hall–Kier alpha value is -3.99. The molecule has 5 rings (SSSR count). The number of aryl methyl sites for hydroxylation is 1. The lowest BCUT2D eigenvalue weighted by molar-refractivity contribution is -0.377. The highest BCUT2D eigenvalue weighted by Crippen LogP contribution is 2.52. The largest absolute Gasteiger partial charge is 0.432 e. The van der Waals surface area contributed by atoms with E-state index in [1.807, 2.05) is 0 Å². The minimum absolute atomic E-state index is 0.0154. The average molecular weight is 754 g/mol. The van der Waals surface area contributed by atoms with Gasteiger partial charge in [0.2, 0.25) is 0 Å². The Balaban J connectivity index is 1.58. The summed E-state index contributed by atoms with van der Waals surface area (Å²) in [7, 11) is 0. The molecule has 1 aliphatic rings. The van der Waals surface area contributed by atoms with Crippen LogP contribution >= 0.6 is 15.9 Å². The molecule has 1 aliphatic carbocycles. The fourth-order valence-corrected chi connectivity index (χ4v) is 5.56. The topological polar surface area (TPSA) is 84.3 Å². The molecule has 0 spiro atoms. The normalized spacial score (nSPS) is 14.8. The predicted octanol–water partition coefficient (Wildman–Crippen LogP) is 8.48. The quantitative estimate of drug-likeness (QED) is 0.168. The minimum Gasteiger partial charge on any atom is -0.432 e. The summed E-state index contributed by atoms with van der Waals surface area (Å²) in [6, 6.07) is 7.30. The number of fused-ring (bicyclic) bond motifs is 1. The maximum absolute atomic E-state index is 15.7. The van der Waals surface area contributed by atoms with Crippen molar-refractivity contribution in [2.75, 3.05) is 6.54 Å². The molecular weight excluding hydrogens is 732 g/mol. The number of carbonyl (C=O) groups is 1. The first kappa shape index (κ1) is 35.3. The van der Waals surface area contributed by atoms with Crippen molar-refractivity contribution in [1.29, 1.82) is 0 Å². The summed E-state index contributed by atoms with van der Waals surface area (Å²) in [6.45, 7) is -2.15. The van der Waals surface area contributed by atoms with Crippen LogP contribution in [0.25, 0.3) is 22.2 Å². The van der Waals surface area contributed by atoms with E-state index in [0.717, 1.165) is 30.3 Å². The summed E-state index contributed by atoms with van der Waals surface area (Å²) in [6.07, 6.45) is -12.1. The molecule has 256 valence electrons. The number of benzene rings is 2. The molecule has 4 aromatic rings. The summed E-state index contributed by atoms with van der Waals surface area (Å²) in [5, 5.41) is 12.9. The van der Waals surface area contributed by atoms with E-state index < -0.39 is 83.2 Å². The molecule has 0 aliphatic heterocycles. The molecule has 2 heterocycles. The van der Waals surface area contributed by atoms with Gasteiger partial charge in [0, 0.05) is 44.7 Å². The highest BCUT2D eigenvalue weighted by atomic mass is 79.9. The number of hydrogen-bond acceptors (Lipinski definition) is 5. The second kappa shape index (κ2) is 12.8. The van der Waals surface area contributed by atoms with Crippen molar-refractivity contribution < 1.29 is 58.5 Å². The van der Waals surface area contributed by atoms with Crippen molar-refractivity contribution in [3.8, 4) is 17.0 Å². The van der Waals surface area contributed by atoms with E-state index in [4.69, 9.17) is 0 Å². The average Bonchev–Trinajstić information content (AvgIpc) is 3.82. The monoisotopic (exact) mass is 753 g/mol. The van der Waals surface area contributed by atoms with Crippen LogP contribution in [0.1, 0.15) is 46.1 Å². The molecule has 17 heteroatoms. The zero-order valence-electron chi connectivity index (χ0n) is 24.3. The molecule has 2 N–H and O–H groups in total. The Morgan fingerprint density at radius 1 is 1.00 bits per heavy atom. The van der Waals surface area contributed by atoms with E-state index in [-0.39, 0.29) is 28.1 Å². The number of amides is 1. The first-order valence-corrected chi connectivity index (χ1v) is 14.8. The van der Waals surface area contributed by atoms with Crippen LogP contribution in [0.3, 0.4) is 0 Å². The molecule has 48 heavy (non-hydrogen) atoms. The van der Waals surface area contributed by atoms with Crippen molar-refractivity contribution in [3.05, 3.63) is 87.2 Å². The van der Waals surface area contributed by atoms with Crippen LogP contribution in [0.2, 0.25) is 0 Å². The second-order valence-electron chi connectivity index (χ2n) is 11.1. The number of aromatic nitrogens is 2. The number of pyridine rings is 2. The van der Waals surface area contributed by atoms with Crippen LogP contribution < -0.4 is 10.1 Å². The van der Waals surface area contributed by atoms with Crippen LogP contribution in [0.15, 0.2) is 53.0 Å². The van der Waals surface area contributed by atoms with E-state index in [1.54, 1.807) is 6.92 Å². The number of halogens is 11. The molecule has 0 saturated heterocycles. The van der Waals surface area contributed by atoms with E-state index in [2.05, 4.69) is 36.0 Å². The lowest BCUT2D eigenvalue weighted by atomic mass is 9.87. The summed E-state index contributed by atoms with van der Waals surface area (Å²) in [5.41, 5.74) is -9.54. The van der Waals surface area contributed by atoms with Gasteiger partial charge in [-0.1, -0.05) is 0 Å². The Morgan fingerprint density at radius 2 is 1.62 bits per heavy atom. The number of hydrogen-bond donors (Lipinski definition) is 2. The lowest BCUT2D eigenvalue weighted by Gasteiger charge is -2.34. The molecule has 2 aromatic heterocycles. The number of aliphatic hydroxyl groups is 1. The minimum atomic E-state index is -6.44. The van der Waals surface area contributed by atoms with Crippen LogP contribution in [0.4, 0.5) is 43.9 Å². The third-order valence-electron chi connectivity index (χ3n) is 7.85. The smallest absolute Gasteiger partial charge is 0.430 e. The van der Waals surface area contributed by atoms with Gasteiger partial charge in [-0.2, -0.15) is 35.1 Å². The Labute approximate surface area is 273 Å². The van der Waals surface area contributed by atoms with Gasteiger partial charge < -0.3 is 15.2 Å². The van der Waals surface area contributed by atoms with Crippen molar-refractivity contribution in [2.24, 2.45) is 5.92 Å². The lowest BCUT2D eigenvalue weighted by Crippen LogP contribution is -2.54. The summed E-state index contributed by atoms with van der Waals surface area (Å²) in [5.74, 6) is -5.85. The number of nitrogens with zero attached hydrogens (tertiary/aromatic N) is 2. The van der Waals surface area contributed by atoms with Crippen molar-refractivity contribution in [2.45, 2.75) is 50.2 Å². The van der Waals surface area contributed by atoms with Gasteiger partial charge in [0.25, 0.3) is 11.5 Å². The standard InChI is InChI=1S/C31H22BrF10N3O3/c1-13-21(32)9-16-8-17(10-23(25(16)44-13)48-28(35)36)27(46)43-12-19(14-2-3-14)22-11-20(29(47,30(37,38)39)31(40,41)42)24(34)26(45-22)15-4-6-18(33)7-5-15/h4-11,14,19,28,47H,2-3,12H2,1H3,(H,43,46)/t19-/m0/s1. The van der Waals surface area contributed by atoms with Crippen LogP contribution in [-0.2, 0) is 5.60 Å².